The van der Waals surface area contributed by atoms with Crippen LogP contribution >= 0.6 is 15.9 Å². The lowest BCUT2D eigenvalue weighted by Crippen LogP contribution is -2.47. The summed E-state index contributed by atoms with van der Waals surface area (Å²) in [6.45, 7) is 6.36. The minimum Gasteiger partial charge on any atom is -0.399 e. The van der Waals surface area contributed by atoms with Crippen molar-refractivity contribution < 1.29 is 5.11 Å². The van der Waals surface area contributed by atoms with Gasteiger partial charge in [-0.05, 0) is 43.2 Å². The smallest absolute Gasteiger partial charge is 0.204 e. The first-order chi connectivity index (χ1) is 14.4. The molecule has 0 saturated carbocycles. The quantitative estimate of drug-likeness (QED) is 0.654. The first kappa shape index (κ1) is 23.6. The molecule has 2 unspecified atom stereocenters. The maximum Gasteiger partial charge on any atom is 0.204 e. The molecule has 1 aliphatic carbocycles. The number of rotatable bonds is 3. The SMILES string of the molecule is CCCN1CC=C2C(C1)C(c1cccc(Br)c1)C(C#N)=C(N)C2(C#N)C#N.CCO. The molecular formula is C23H26BrN5O. The molecule has 7 heteroatoms. The van der Waals surface area contributed by atoms with Gasteiger partial charge in [0.1, 0.15) is 0 Å². The van der Waals surface area contributed by atoms with Crippen molar-refractivity contribution in [3.05, 3.63) is 57.2 Å². The molecule has 1 aromatic carbocycles. The summed E-state index contributed by atoms with van der Waals surface area (Å²) in [5.41, 5.74) is 6.85. The van der Waals surface area contributed by atoms with Crippen molar-refractivity contribution in [2.24, 2.45) is 17.1 Å². The van der Waals surface area contributed by atoms with Gasteiger partial charge in [-0.2, -0.15) is 15.8 Å². The van der Waals surface area contributed by atoms with Crippen LogP contribution < -0.4 is 5.73 Å². The maximum absolute atomic E-state index is 9.89. The molecule has 2 aliphatic rings. The first-order valence-electron chi connectivity index (χ1n) is 9.95. The molecule has 1 aliphatic heterocycles. The lowest BCUT2D eigenvalue weighted by Gasteiger charge is -2.45. The van der Waals surface area contributed by atoms with E-state index in [-0.39, 0.29) is 24.1 Å². The molecule has 156 valence electrons. The minimum atomic E-state index is -1.56. The van der Waals surface area contributed by atoms with E-state index in [0.717, 1.165) is 28.6 Å². The highest BCUT2D eigenvalue weighted by Gasteiger charge is 2.52. The summed E-state index contributed by atoms with van der Waals surface area (Å²) < 4.78 is 0.917. The minimum absolute atomic E-state index is 0.0754. The average molecular weight is 468 g/mol. The number of fused-ring (bicyclic) bond motifs is 1. The van der Waals surface area contributed by atoms with Gasteiger partial charge < -0.3 is 10.8 Å². The summed E-state index contributed by atoms with van der Waals surface area (Å²) in [5, 5.41) is 37.2. The third-order valence-electron chi connectivity index (χ3n) is 5.47. The van der Waals surface area contributed by atoms with E-state index in [9.17, 15) is 15.8 Å². The fourth-order valence-corrected chi connectivity index (χ4v) is 4.69. The molecule has 3 N–H and O–H groups in total. The van der Waals surface area contributed by atoms with Crippen molar-refractivity contribution in [3.8, 4) is 18.2 Å². The third kappa shape index (κ3) is 4.27. The molecule has 0 amide bonds. The number of nitrogens with two attached hydrogens (primary N) is 1. The van der Waals surface area contributed by atoms with Gasteiger partial charge in [0.2, 0.25) is 5.41 Å². The van der Waals surface area contributed by atoms with Gasteiger partial charge in [-0.3, -0.25) is 4.90 Å². The predicted octanol–water partition coefficient (Wildman–Crippen LogP) is 3.58. The number of allylic oxidation sites excluding steroid dienone is 2. The van der Waals surface area contributed by atoms with Crippen molar-refractivity contribution in [2.45, 2.75) is 26.2 Å². The van der Waals surface area contributed by atoms with E-state index in [1.54, 1.807) is 6.92 Å². The van der Waals surface area contributed by atoms with Crippen LogP contribution in [0.15, 0.2) is 51.7 Å². The fourth-order valence-electron chi connectivity index (χ4n) is 4.27. The molecule has 6 nitrogen and oxygen atoms in total. The van der Waals surface area contributed by atoms with Gasteiger partial charge in [-0.25, -0.2) is 0 Å². The Kier molecular flexibility index (Phi) is 8.21. The van der Waals surface area contributed by atoms with Crippen molar-refractivity contribution in [3.63, 3.8) is 0 Å². The van der Waals surface area contributed by atoms with Gasteiger partial charge in [-0.15, -0.1) is 0 Å². The van der Waals surface area contributed by atoms with E-state index in [1.165, 1.54) is 0 Å². The van der Waals surface area contributed by atoms with E-state index < -0.39 is 5.41 Å². The number of nitriles is 3. The van der Waals surface area contributed by atoms with E-state index in [0.29, 0.717) is 18.7 Å². The Hall–Kier alpha value is -2.63. The van der Waals surface area contributed by atoms with Gasteiger partial charge in [0, 0.05) is 36.0 Å². The Labute approximate surface area is 186 Å². The second-order valence-electron chi connectivity index (χ2n) is 7.29. The van der Waals surface area contributed by atoms with Crippen LogP contribution in [0, 0.1) is 45.3 Å². The van der Waals surface area contributed by atoms with Crippen LogP contribution in [-0.4, -0.2) is 36.2 Å². The van der Waals surface area contributed by atoms with Crippen molar-refractivity contribution >= 4 is 15.9 Å². The summed E-state index contributed by atoms with van der Waals surface area (Å²) in [7, 11) is 0. The molecule has 0 radical (unpaired) electrons. The van der Waals surface area contributed by atoms with E-state index in [4.69, 9.17) is 10.8 Å². The van der Waals surface area contributed by atoms with Gasteiger partial charge in [-0.1, -0.05) is 41.1 Å². The van der Waals surface area contributed by atoms with Crippen LogP contribution in [-0.2, 0) is 0 Å². The zero-order chi connectivity index (χ0) is 22.3. The Morgan fingerprint density at radius 2 is 1.93 bits per heavy atom. The van der Waals surface area contributed by atoms with Crippen LogP contribution in [0.3, 0.4) is 0 Å². The molecule has 2 atom stereocenters. The predicted molar refractivity (Wildman–Crippen MR) is 118 cm³/mol. The van der Waals surface area contributed by atoms with Crippen LogP contribution in [0.4, 0.5) is 0 Å². The highest BCUT2D eigenvalue weighted by molar-refractivity contribution is 9.10. The molecule has 1 aromatic rings. The van der Waals surface area contributed by atoms with Gasteiger partial charge in [0.05, 0.1) is 29.5 Å². The number of benzene rings is 1. The van der Waals surface area contributed by atoms with Crippen LogP contribution in [0.1, 0.15) is 31.7 Å². The van der Waals surface area contributed by atoms with Crippen molar-refractivity contribution in [2.75, 3.05) is 26.2 Å². The van der Waals surface area contributed by atoms with Gasteiger partial charge in [0.15, 0.2) is 0 Å². The highest BCUT2D eigenvalue weighted by atomic mass is 79.9. The molecule has 0 aromatic heterocycles. The Balaban J connectivity index is 0.00000101. The first-order valence-corrected chi connectivity index (χ1v) is 10.7. The zero-order valence-corrected chi connectivity index (χ0v) is 18.9. The Morgan fingerprint density at radius 1 is 1.27 bits per heavy atom. The summed E-state index contributed by atoms with van der Waals surface area (Å²) in [6.07, 6.45) is 2.99. The van der Waals surface area contributed by atoms with Gasteiger partial charge >= 0.3 is 0 Å². The number of hydrogen-bond acceptors (Lipinski definition) is 6. The lowest BCUT2D eigenvalue weighted by molar-refractivity contribution is 0.225. The molecule has 0 spiro atoms. The second-order valence-corrected chi connectivity index (χ2v) is 8.20. The number of halogens is 1. The summed E-state index contributed by atoms with van der Waals surface area (Å²) in [5.74, 6) is -0.408. The average Bonchev–Trinajstić information content (AvgIpc) is 2.74. The second kappa shape index (κ2) is 10.4. The lowest BCUT2D eigenvalue weighted by atomic mass is 9.60. The standard InChI is InChI=1S/C21H20BrN5.C2H6O/c1-2-7-27-8-6-18-17(11-27)19(14-4-3-5-15(22)9-14)16(10-23)20(26)21(18,12-24)13-25;1-2-3/h3-6,9,17,19H,2,7-8,11,26H2,1H3;3H,2H2,1H3. The van der Waals surface area contributed by atoms with E-state index in [1.807, 2.05) is 30.3 Å². The number of nitrogens with zero attached hydrogens (tertiary/aromatic N) is 4. The zero-order valence-electron chi connectivity index (χ0n) is 17.3. The van der Waals surface area contributed by atoms with Crippen molar-refractivity contribution in [1.82, 2.24) is 4.90 Å². The van der Waals surface area contributed by atoms with Crippen LogP contribution in [0.2, 0.25) is 0 Å². The normalized spacial score (nSPS) is 22.4. The Morgan fingerprint density at radius 3 is 2.47 bits per heavy atom. The van der Waals surface area contributed by atoms with E-state index in [2.05, 4.69) is 46.0 Å². The number of aliphatic hydroxyl groups is 1. The number of hydrogen-bond donors (Lipinski definition) is 2. The molecule has 0 fully saturated rings. The molecule has 1 heterocycles. The largest absolute Gasteiger partial charge is 0.399 e. The highest BCUT2D eigenvalue weighted by Crippen LogP contribution is 2.52. The topological polar surface area (TPSA) is 121 Å². The molecular weight excluding hydrogens is 442 g/mol. The summed E-state index contributed by atoms with van der Waals surface area (Å²) in [4.78, 5) is 2.30. The number of aliphatic hydroxyl groups excluding tert-OH is 1. The van der Waals surface area contributed by atoms with Crippen LogP contribution in [0.5, 0.6) is 0 Å². The fraction of sp³-hybridized carbons (Fsp3) is 0.435. The summed E-state index contributed by atoms with van der Waals surface area (Å²) in [6, 6.07) is 14.3. The van der Waals surface area contributed by atoms with Crippen molar-refractivity contribution in [1.29, 1.82) is 15.8 Å². The van der Waals surface area contributed by atoms with Gasteiger partial charge in [0.25, 0.3) is 0 Å². The molecule has 3 rings (SSSR count). The third-order valence-corrected chi connectivity index (χ3v) is 5.96. The summed E-state index contributed by atoms with van der Waals surface area (Å²) >= 11 is 3.50. The maximum atomic E-state index is 9.89. The molecule has 0 saturated heterocycles. The monoisotopic (exact) mass is 467 g/mol. The Bertz CT molecular complexity index is 949. The van der Waals surface area contributed by atoms with E-state index >= 15 is 0 Å². The van der Waals surface area contributed by atoms with Crippen LogP contribution in [0.25, 0.3) is 0 Å². The molecule has 30 heavy (non-hydrogen) atoms. The molecule has 0 bridgehead atoms.